The Labute approximate surface area is 73.0 Å². The number of hydrogen-bond donors (Lipinski definition) is 1. The van der Waals surface area contributed by atoms with Crippen LogP contribution in [0.15, 0.2) is 12.4 Å². The summed E-state index contributed by atoms with van der Waals surface area (Å²) in [6.07, 6.45) is 3.00. The van der Waals surface area contributed by atoms with E-state index in [-0.39, 0.29) is 5.82 Å². The molecule has 0 aliphatic carbocycles. The van der Waals surface area contributed by atoms with Gasteiger partial charge in [0.1, 0.15) is 11.0 Å². The van der Waals surface area contributed by atoms with Gasteiger partial charge in [-0.3, -0.25) is 5.10 Å². The lowest BCUT2D eigenvalue weighted by Gasteiger charge is -1.95. The number of rotatable bonds is 1. The fraction of sp³-hybridized carbons (Fsp3) is 0.143. The molecule has 0 amide bonds. The Morgan fingerprint density at radius 3 is 3.15 bits per heavy atom. The minimum absolute atomic E-state index is 0.0383. The van der Waals surface area contributed by atoms with Crippen molar-refractivity contribution in [2.24, 2.45) is 0 Å². The summed E-state index contributed by atoms with van der Waals surface area (Å²) < 4.78 is 4.47. The van der Waals surface area contributed by atoms with Gasteiger partial charge in [0, 0.05) is 0 Å². The molecule has 66 valence electrons. The highest BCUT2D eigenvalue weighted by Crippen LogP contribution is 2.05. The molecule has 0 saturated heterocycles. The number of methoxy groups -OCH3 is 1. The Morgan fingerprint density at radius 1 is 1.54 bits per heavy atom. The molecule has 2 heterocycles. The van der Waals surface area contributed by atoms with Gasteiger partial charge in [0.15, 0.2) is 0 Å². The predicted octanol–water partition coefficient (Wildman–Crippen LogP) is 0.140. The van der Waals surface area contributed by atoms with E-state index in [1.54, 1.807) is 0 Å². The smallest absolute Gasteiger partial charge is 0.376 e. The van der Waals surface area contributed by atoms with E-state index in [4.69, 9.17) is 0 Å². The van der Waals surface area contributed by atoms with E-state index in [0.717, 1.165) is 0 Å². The van der Waals surface area contributed by atoms with Crippen LogP contribution in [-0.4, -0.2) is 33.2 Å². The van der Waals surface area contributed by atoms with Crippen molar-refractivity contribution in [2.45, 2.75) is 0 Å². The van der Waals surface area contributed by atoms with Crippen LogP contribution < -0.4 is 0 Å². The highest BCUT2D eigenvalue weighted by Gasteiger charge is 2.09. The van der Waals surface area contributed by atoms with Crippen molar-refractivity contribution in [1.82, 2.24) is 20.2 Å². The van der Waals surface area contributed by atoms with Gasteiger partial charge in [0.25, 0.3) is 0 Å². The van der Waals surface area contributed by atoms with Crippen LogP contribution in [0.4, 0.5) is 0 Å². The van der Waals surface area contributed by atoms with Gasteiger partial charge >= 0.3 is 5.97 Å². The zero-order valence-corrected chi connectivity index (χ0v) is 6.81. The summed E-state index contributed by atoms with van der Waals surface area (Å²) >= 11 is 0. The molecule has 0 atom stereocenters. The topological polar surface area (TPSA) is 80.8 Å². The minimum Gasteiger partial charge on any atom is -0.463 e. The first-order valence-corrected chi connectivity index (χ1v) is 3.55. The SMILES string of the molecule is COC(=O)c1ncc2[nH]ncc2n1. The molecule has 0 radical (unpaired) electrons. The molecule has 1 N–H and O–H groups in total. The molecule has 0 saturated carbocycles. The molecule has 0 fully saturated rings. The summed E-state index contributed by atoms with van der Waals surface area (Å²) in [5, 5.41) is 6.42. The van der Waals surface area contributed by atoms with Gasteiger partial charge in [0.05, 0.1) is 19.5 Å². The number of nitrogens with one attached hydrogen (secondary N) is 1. The fourth-order valence-electron chi connectivity index (χ4n) is 0.932. The monoisotopic (exact) mass is 178 g/mol. The molecule has 2 rings (SSSR count). The van der Waals surface area contributed by atoms with Crippen LogP contribution in [0.2, 0.25) is 0 Å². The first kappa shape index (κ1) is 7.66. The van der Waals surface area contributed by atoms with Crippen molar-refractivity contribution in [3.63, 3.8) is 0 Å². The van der Waals surface area contributed by atoms with E-state index in [1.807, 2.05) is 0 Å². The van der Waals surface area contributed by atoms with Crippen molar-refractivity contribution in [1.29, 1.82) is 0 Å². The van der Waals surface area contributed by atoms with Crippen molar-refractivity contribution in [3.8, 4) is 0 Å². The van der Waals surface area contributed by atoms with Crippen molar-refractivity contribution < 1.29 is 9.53 Å². The van der Waals surface area contributed by atoms with Crippen molar-refractivity contribution in [3.05, 3.63) is 18.2 Å². The normalized spacial score (nSPS) is 10.2. The second kappa shape index (κ2) is 2.81. The first-order chi connectivity index (χ1) is 6.31. The number of aromatic amines is 1. The lowest BCUT2D eigenvalue weighted by Crippen LogP contribution is -2.06. The number of H-pyrrole nitrogens is 1. The largest absolute Gasteiger partial charge is 0.463 e. The van der Waals surface area contributed by atoms with Gasteiger partial charge in [-0.1, -0.05) is 0 Å². The quantitative estimate of drug-likeness (QED) is 0.628. The van der Waals surface area contributed by atoms with E-state index in [9.17, 15) is 4.79 Å². The molecule has 0 aromatic carbocycles. The number of esters is 1. The zero-order valence-electron chi connectivity index (χ0n) is 6.81. The molecule has 0 unspecified atom stereocenters. The maximum absolute atomic E-state index is 11.0. The van der Waals surface area contributed by atoms with Gasteiger partial charge < -0.3 is 4.74 Å². The van der Waals surface area contributed by atoms with Gasteiger partial charge in [-0.2, -0.15) is 5.10 Å². The van der Waals surface area contributed by atoms with Crippen molar-refractivity contribution >= 4 is 17.0 Å². The van der Waals surface area contributed by atoms with Crippen LogP contribution in [0.1, 0.15) is 10.6 Å². The summed E-state index contributed by atoms with van der Waals surface area (Å²) in [6.45, 7) is 0. The summed E-state index contributed by atoms with van der Waals surface area (Å²) in [4.78, 5) is 18.7. The Balaban J connectivity index is 2.54. The third-order valence-corrected chi connectivity index (χ3v) is 1.56. The van der Waals surface area contributed by atoms with Crippen LogP contribution in [0, 0.1) is 0 Å². The average molecular weight is 178 g/mol. The molecule has 2 aromatic rings. The number of carbonyl (C=O) groups excluding carboxylic acids is 1. The highest BCUT2D eigenvalue weighted by atomic mass is 16.5. The molecular weight excluding hydrogens is 172 g/mol. The molecular formula is C7H6N4O2. The number of nitrogens with zero attached hydrogens (tertiary/aromatic N) is 3. The molecule has 0 spiro atoms. The Kier molecular flexibility index (Phi) is 1.66. The average Bonchev–Trinajstić information content (AvgIpc) is 2.63. The van der Waals surface area contributed by atoms with Gasteiger partial charge in [-0.05, 0) is 0 Å². The van der Waals surface area contributed by atoms with E-state index < -0.39 is 5.97 Å². The van der Waals surface area contributed by atoms with Crippen LogP contribution in [0.25, 0.3) is 11.0 Å². The Bertz CT molecular complexity index is 450. The number of ether oxygens (including phenoxy) is 1. The summed E-state index contributed by atoms with van der Waals surface area (Å²) in [7, 11) is 1.28. The zero-order chi connectivity index (χ0) is 9.26. The maximum atomic E-state index is 11.0. The lowest BCUT2D eigenvalue weighted by molar-refractivity contribution is 0.0587. The minimum atomic E-state index is -0.553. The second-order valence-electron chi connectivity index (χ2n) is 2.35. The van der Waals surface area contributed by atoms with E-state index >= 15 is 0 Å². The van der Waals surface area contributed by atoms with Gasteiger partial charge in [0.2, 0.25) is 5.82 Å². The Hall–Kier alpha value is -1.98. The van der Waals surface area contributed by atoms with Gasteiger partial charge in [-0.15, -0.1) is 0 Å². The molecule has 6 nitrogen and oxygen atoms in total. The van der Waals surface area contributed by atoms with E-state index in [2.05, 4.69) is 24.9 Å². The molecule has 13 heavy (non-hydrogen) atoms. The number of carbonyl (C=O) groups is 1. The first-order valence-electron chi connectivity index (χ1n) is 3.55. The number of hydrogen-bond acceptors (Lipinski definition) is 5. The van der Waals surface area contributed by atoms with E-state index in [1.165, 1.54) is 19.5 Å². The number of aromatic nitrogens is 4. The fourth-order valence-corrected chi connectivity index (χ4v) is 0.932. The molecule has 0 aliphatic heterocycles. The van der Waals surface area contributed by atoms with Crippen LogP contribution in [0.5, 0.6) is 0 Å². The Morgan fingerprint density at radius 2 is 2.38 bits per heavy atom. The molecule has 0 bridgehead atoms. The highest BCUT2D eigenvalue weighted by molar-refractivity contribution is 5.87. The summed E-state index contributed by atoms with van der Waals surface area (Å²) in [5.74, 6) is -0.514. The van der Waals surface area contributed by atoms with E-state index in [0.29, 0.717) is 11.0 Å². The lowest BCUT2D eigenvalue weighted by atomic mass is 10.4. The summed E-state index contributed by atoms with van der Waals surface area (Å²) in [5.41, 5.74) is 1.28. The van der Waals surface area contributed by atoms with Crippen LogP contribution in [0.3, 0.4) is 0 Å². The second-order valence-corrected chi connectivity index (χ2v) is 2.35. The van der Waals surface area contributed by atoms with Crippen molar-refractivity contribution in [2.75, 3.05) is 7.11 Å². The number of fused-ring (bicyclic) bond motifs is 1. The molecule has 0 aliphatic rings. The maximum Gasteiger partial charge on any atom is 0.376 e. The molecule has 6 heteroatoms. The standard InChI is InChI=1S/C7H6N4O2/c1-13-7(12)6-8-2-5-4(10-6)3-9-11-5/h2-3H,1H3,(H,9,11). The summed E-state index contributed by atoms with van der Waals surface area (Å²) in [6, 6.07) is 0. The van der Waals surface area contributed by atoms with Crippen LogP contribution >= 0.6 is 0 Å². The molecule has 2 aromatic heterocycles. The third kappa shape index (κ3) is 1.22. The predicted molar refractivity (Wildman–Crippen MR) is 43.0 cm³/mol. The van der Waals surface area contributed by atoms with Gasteiger partial charge in [-0.25, -0.2) is 14.8 Å². The third-order valence-electron chi connectivity index (χ3n) is 1.56. The van der Waals surface area contributed by atoms with Crippen LogP contribution in [-0.2, 0) is 4.74 Å².